The van der Waals surface area contributed by atoms with E-state index in [1.807, 2.05) is 0 Å². The average molecular weight is 468 g/mol. The summed E-state index contributed by atoms with van der Waals surface area (Å²) in [5.41, 5.74) is 0.187. The first-order chi connectivity index (χ1) is 14.5. The molecule has 31 heavy (non-hydrogen) atoms. The van der Waals surface area contributed by atoms with Crippen LogP contribution in [-0.4, -0.2) is 60.2 Å². The number of hydrogen-bond acceptors (Lipinski definition) is 7. The van der Waals surface area contributed by atoms with Crippen molar-refractivity contribution in [2.45, 2.75) is 11.8 Å². The number of aliphatic imine (C=N–C) groups is 1. The smallest absolute Gasteiger partial charge is 0.338 e. The number of carbonyl (C=O) groups is 1. The molecule has 1 unspecified atom stereocenters. The largest absolute Gasteiger partial charge is 0.460 e. The predicted molar refractivity (Wildman–Crippen MR) is 119 cm³/mol. The highest BCUT2D eigenvalue weighted by Gasteiger charge is 2.27. The van der Waals surface area contributed by atoms with Gasteiger partial charge >= 0.3 is 5.97 Å². The van der Waals surface area contributed by atoms with Gasteiger partial charge in [0.05, 0.1) is 27.8 Å². The number of esters is 1. The van der Waals surface area contributed by atoms with Gasteiger partial charge in [0.2, 0.25) is 10.0 Å². The molecule has 168 valence electrons. The number of benzene rings is 1. The average Bonchev–Trinajstić information content (AvgIpc) is 2.72. The van der Waals surface area contributed by atoms with Crippen molar-refractivity contribution in [1.29, 1.82) is 0 Å². The summed E-state index contributed by atoms with van der Waals surface area (Å²) in [6.45, 7) is 5.36. The Labute approximate surface area is 182 Å². The molecule has 1 heterocycles. The van der Waals surface area contributed by atoms with E-state index in [9.17, 15) is 21.6 Å². The van der Waals surface area contributed by atoms with Crippen LogP contribution in [0, 0.1) is 5.92 Å². The molecule has 0 aromatic heterocycles. The van der Waals surface area contributed by atoms with Gasteiger partial charge in [0.1, 0.15) is 12.4 Å². The molecule has 0 saturated heterocycles. The van der Waals surface area contributed by atoms with E-state index < -0.39 is 31.9 Å². The zero-order chi connectivity index (χ0) is 23.2. The first-order valence-electron chi connectivity index (χ1n) is 9.27. The molecule has 1 aliphatic heterocycles. The van der Waals surface area contributed by atoms with Gasteiger partial charge in [-0.3, -0.25) is 9.71 Å². The first-order valence-corrected chi connectivity index (χ1v) is 12.2. The van der Waals surface area contributed by atoms with Gasteiger partial charge in [0.15, 0.2) is 0 Å². The molecule has 1 N–H and O–H groups in total. The maximum Gasteiger partial charge on any atom is 0.338 e. The van der Waals surface area contributed by atoms with Crippen LogP contribution in [0.4, 0.5) is 0 Å². The lowest BCUT2D eigenvalue weighted by Crippen LogP contribution is -2.39. The molecular weight excluding hydrogens is 442 g/mol. The molecule has 11 heteroatoms. The first kappa shape index (κ1) is 24.5. The predicted octanol–water partition coefficient (Wildman–Crippen LogP) is 1.69. The normalized spacial score (nSPS) is 19.8. The number of nitrogens with one attached hydrogen (secondary N) is 1. The summed E-state index contributed by atoms with van der Waals surface area (Å²) >= 11 is 0. The summed E-state index contributed by atoms with van der Waals surface area (Å²) in [6.07, 6.45) is 6.19. The lowest BCUT2D eigenvalue weighted by molar-refractivity contribution is 0.0517. The molecule has 1 atom stereocenters. The molecule has 0 fully saturated rings. The minimum atomic E-state index is -3.71. The molecule has 2 rings (SSSR count). The van der Waals surface area contributed by atoms with Crippen molar-refractivity contribution in [2.75, 3.05) is 27.2 Å². The molecule has 9 nitrogen and oxygen atoms in total. The molecule has 0 aliphatic carbocycles. The Morgan fingerprint density at radius 3 is 2.48 bits per heavy atom. The van der Waals surface area contributed by atoms with Gasteiger partial charge in [-0.15, -0.1) is 6.58 Å². The third kappa shape index (κ3) is 5.90. The molecule has 0 spiro atoms. The number of hydrogen-bond donors (Lipinski definition) is 1. The Bertz CT molecular complexity index is 1130. The van der Waals surface area contributed by atoms with E-state index in [2.05, 4.69) is 16.3 Å². The number of amidine groups is 1. The van der Waals surface area contributed by atoms with E-state index in [1.54, 1.807) is 19.1 Å². The molecule has 0 bridgehead atoms. The number of rotatable bonds is 8. The number of ether oxygens (including phenoxy) is 1. The van der Waals surface area contributed by atoms with Crippen LogP contribution in [0.5, 0.6) is 0 Å². The standard InChI is InChI=1S/C20H25N3O6S2/c1-5-7-18-14-15(6-2)19(22-30(18,25)26)21-12-13-29-20(24)16-8-10-17(11-9-16)31(27,28)23(3)4/h5-11,14-15H,2,12-13H2,1,3-4H3,(H,21,22)/b7-5-. The van der Waals surface area contributed by atoms with Crippen LogP contribution in [-0.2, 0) is 24.8 Å². The van der Waals surface area contributed by atoms with Crippen LogP contribution in [0.1, 0.15) is 17.3 Å². The van der Waals surface area contributed by atoms with E-state index in [1.165, 1.54) is 50.5 Å². The summed E-state index contributed by atoms with van der Waals surface area (Å²) in [5, 5.41) is 0. The van der Waals surface area contributed by atoms with Crippen LogP contribution in [0.15, 0.2) is 69.9 Å². The van der Waals surface area contributed by atoms with Crippen LogP contribution in [0.3, 0.4) is 0 Å². The number of sulfonamides is 2. The molecule has 0 saturated carbocycles. The van der Waals surface area contributed by atoms with Gasteiger partial charge in [-0.1, -0.05) is 12.2 Å². The van der Waals surface area contributed by atoms with E-state index in [0.717, 1.165) is 4.31 Å². The van der Waals surface area contributed by atoms with Crippen molar-refractivity contribution in [2.24, 2.45) is 10.9 Å². The van der Waals surface area contributed by atoms with E-state index in [4.69, 9.17) is 4.74 Å². The molecular formula is C20H25N3O6S2. The number of carbonyl (C=O) groups excluding carboxylic acids is 1. The SMILES string of the molecule is C=CC1C=C(/C=C\C)S(=O)(=O)NC1=NCCOC(=O)c1ccc(S(=O)(=O)N(C)C)cc1. The Morgan fingerprint density at radius 1 is 1.29 bits per heavy atom. The van der Waals surface area contributed by atoms with E-state index in [0.29, 0.717) is 0 Å². The highest BCUT2D eigenvalue weighted by Crippen LogP contribution is 2.19. The summed E-state index contributed by atoms with van der Waals surface area (Å²) in [6, 6.07) is 5.38. The quantitative estimate of drug-likeness (QED) is 0.353. The van der Waals surface area contributed by atoms with Crippen LogP contribution >= 0.6 is 0 Å². The third-order valence-corrected chi connectivity index (χ3v) is 7.47. The van der Waals surface area contributed by atoms with Crippen LogP contribution in [0.25, 0.3) is 0 Å². The second-order valence-electron chi connectivity index (χ2n) is 6.65. The topological polar surface area (TPSA) is 122 Å². The highest BCUT2D eigenvalue weighted by molar-refractivity contribution is 7.94. The van der Waals surface area contributed by atoms with Crippen molar-refractivity contribution in [3.63, 3.8) is 0 Å². The van der Waals surface area contributed by atoms with Crippen molar-refractivity contribution < 1.29 is 26.4 Å². The fourth-order valence-electron chi connectivity index (χ4n) is 2.60. The van der Waals surface area contributed by atoms with Crippen LogP contribution in [0.2, 0.25) is 0 Å². The van der Waals surface area contributed by atoms with Gasteiger partial charge in [0, 0.05) is 14.1 Å². The Kier molecular flexibility index (Phi) is 7.93. The zero-order valence-corrected chi connectivity index (χ0v) is 19.1. The van der Waals surface area contributed by atoms with Crippen LogP contribution < -0.4 is 4.72 Å². The number of nitrogens with zero attached hydrogens (tertiary/aromatic N) is 2. The lowest BCUT2D eigenvalue weighted by Gasteiger charge is -2.21. The maximum absolute atomic E-state index is 12.2. The molecule has 1 aliphatic rings. The summed E-state index contributed by atoms with van der Waals surface area (Å²) < 4.78 is 57.2. The third-order valence-electron chi connectivity index (χ3n) is 4.27. The van der Waals surface area contributed by atoms with E-state index in [-0.39, 0.29) is 34.4 Å². The monoisotopic (exact) mass is 467 g/mol. The molecule has 1 aromatic carbocycles. The van der Waals surface area contributed by atoms with Crippen molar-refractivity contribution in [3.05, 3.63) is 65.6 Å². The second-order valence-corrected chi connectivity index (χ2v) is 10.5. The minimum absolute atomic E-state index is 0.0355. The lowest BCUT2D eigenvalue weighted by atomic mass is 10.1. The molecule has 0 radical (unpaired) electrons. The highest BCUT2D eigenvalue weighted by atomic mass is 32.2. The summed E-state index contributed by atoms with van der Waals surface area (Å²) in [5.74, 6) is -0.872. The number of allylic oxidation sites excluding steroid dienone is 2. The molecule has 0 amide bonds. The fraction of sp³-hybridized carbons (Fsp3) is 0.300. The molecule has 1 aromatic rings. The van der Waals surface area contributed by atoms with Crippen molar-refractivity contribution in [3.8, 4) is 0 Å². The Morgan fingerprint density at radius 2 is 1.94 bits per heavy atom. The van der Waals surface area contributed by atoms with Crippen molar-refractivity contribution in [1.82, 2.24) is 9.03 Å². The Balaban J connectivity index is 2.01. The zero-order valence-electron chi connectivity index (χ0n) is 17.5. The van der Waals surface area contributed by atoms with Gasteiger partial charge in [-0.25, -0.2) is 25.9 Å². The maximum atomic E-state index is 12.2. The van der Waals surface area contributed by atoms with Gasteiger partial charge in [0.25, 0.3) is 10.0 Å². The Hall–Kier alpha value is -2.76. The summed E-state index contributed by atoms with van der Waals surface area (Å²) in [7, 11) is -4.47. The van der Waals surface area contributed by atoms with Gasteiger partial charge in [-0.05, 0) is 43.3 Å². The minimum Gasteiger partial charge on any atom is -0.460 e. The van der Waals surface area contributed by atoms with Gasteiger partial charge < -0.3 is 4.74 Å². The van der Waals surface area contributed by atoms with E-state index >= 15 is 0 Å². The van der Waals surface area contributed by atoms with Crippen molar-refractivity contribution >= 4 is 31.9 Å². The summed E-state index contributed by atoms with van der Waals surface area (Å²) in [4.78, 5) is 16.5. The fourth-order valence-corrected chi connectivity index (χ4v) is 4.73. The second kappa shape index (κ2) is 10.0. The van der Waals surface area contributed by atoms with Gasteiger partial charge in [-0.2, -0.15) is 0 Å².